The Morgan fingerprint density at radius 2 is 2.27 bits per heavy atom. The molecule has 0 aliphatic carbocycles. The van der Waals surface area contributed by atoms with E-state index in [0.29, 0.717) is 11.3 Å². The maximum atomic E-state index is 8.90. The maximum absolute atomic E-state index is 8.90. The largest absolute Gasteiger partial charge is 0.225 e. The Hall–Kier alpha value is -1.66. The minimum atomic E-state index is 0.146. The lowest BCUT2D eigenvalue weighted by Gasteiger charge is -2.03. The summed E-state index contributed by atoms with van der Waals surface area (Å²) in [7, 11) is 0. The van der Waals surface area contributed by atoms with Gasteiger partial charge in [-0.1, -0.05) is 18.2 Å². The average Bonchev–Trinajstić information content (AvgIpc) is 2.26. The van der Waals surface area contributed by atoms with Crippen LogP contribution in [0, 0.1) is 11.3 Å². The van der Waals surface area contributed by atoms with Crippen LogP contribution in [0.25, 0.3) is 5.57 Å². The number of hydrogen-bond donors (Lipinski definition) is 0. The van der Waals surface area contributed by atoms with Crippen molar-refractivity contribution in [2.24, 2.45) is 0 Å². The van der Waals surface area contributed by atoms with Gasteiger partial charge in [-0.2, -0.15) is 5.26 Å². The molecule has 0 aromatic carbocycles. The first kappa shape index (κ1) is 11.4. The van der Waals surface area contributed by atoms with Gasteiger partial charge < -0.3 is 0 Å². The molecule has 0 saturated heterocycles. The first-order chi connectivity index (χ1) is 7.22. The zero-order chi connectivity index (χ0) is 11.3. The number of rotatable bonds is 2. The molecule has 1 aromatic rings. The SMILES string of the molecule is CC=CC(=CC)c1nc(Cl)ncc1C#N. The van der Waals surface area contributed by atoms with Crippen LogP contribution in [0.2, 0.25) is 5.28 Å². The Balaban J connectivity index is 3.35. The van der Waals surface area contributed by atoms with E-state index in [1.165, 1.54) is 6.20 Å². The van der Waals surface area contributed by atoms with Gasteiger partial charge in [-0.05, 0) is 31.0 Å². The smallest absolute Gasteiger partial charge is 0.222 e. The Morgan fingerprint density at radius 1 is 1.53 bits per heavy atom. The van der Waals surface area contributed by atoms with Crippen molar-refractivity contribution in [3.63, 3.8) is 0 Å². The lowest BCUT2D eigenvalue weighted by Crippen LogP contribution is -1.95. The summed E-state index contributed by atoms with van der Waals surface area (Å²) in [5, 5.41) is 9.04. The molecular weight excluding hydrogens is 210 g/mol. The van der Waals surface area contributed by atoms with Crippen molar-refractivity contribution in [1.29, 1.82) is 5.26 Å². The molecule has 0 bridgehead atoms. The molecule has 15 heavy (non-hydrogen) atoms. The minimum Gasteiger partial charge on any atom is -0.225 e. The monoisotopic (exact) mass is 219 g/mol. The van der Waals surface area contributed by atoms with E-state index in [-0.39, 0.29) is 5.28 Å². The fourth-order valence-corrected chi connectivity index (χ4v) is 1.29. The number of allylic oxidation sites excluding steroid dienone is 4. The molecular formula is C11H10ClN3. The highest BCUT2D eigenvalue weighted by Gasteiger charge is 2.08. The van der Waals surface area contributed by atoms with Crippen LogP contribution in [-0.2, 0) is 0 Å². The van der Waals surface area contributed by atoms with Gasteiger partial charge in [-0.15, -0.1) is 0 Å². The molecule has 1 aromatic heterocycles. The number of nitrogens with zero attached hydrogens (tertiary/aromatic N) is 3. The Bertz CT molecular complexity index is 455. The molecule has 0 fully saturated rings. The molecule has 4 heteroatoms. The zero-order valence-corrected chi connectivity index (χ0v) is 9.28. The average molecular weight is 220 g/mol. The molecule has 0 amide bonds. The van der Waals surface area contributed by atoms with E-state index in [1.54, 1.807) is 0 Å². The van der Waals surface area contributed by atoms with Gasteiger partial charge in [-0.25, -0.2) is 9.97 Å². The Labute approximate surface area is 93.7 Å². The van der Waals surface area contributed by atoms with Crippen molar-refractivity contribution in [3.05, 3.63) is 41.0 Å². The van der Waals surface area contributed by atoms with Crippen molar-refractivity contribution in [1.82, 2.24) is 9.97 Å². The van der Waals surface area contributed by atoms with Gasteiger partial charge in [-0.3, -0.25) is 0 Å². The van der Waals surface area contributed by atoms with Crippen LogP contribution in [0.3, 0.4) is 0 Å². The third kappa shape index (κ3) is 2.64. The van der Waals surface area contributed by atoms with Gasteiger partial charge in [0.05, 0.1) is 17.5 Å². The Morgan fingerprint density at radius 3 is 2.80 bits per heavy atom. The summed E-state index contributed by atoms with van der Waals surface area (Å²) in [6.45, 7) is 3.78. The lowest BCUT2D eigenvalue weighted by molar-refractivity contribution is 1.13. The van der Waals surface area contributed by atoms with Crippen LogP contribution in [-0.4, -0.2) is 9.97 Å². The summed E-state index contributed by atoms with van der Waals surface area (Å²) in [4.78, 5) is 7.81. The third-order valence-corrected chi connectivity index (χ3v) is 1.99. The molecule has 1 rings (SSSR count). The summed E-state index contributed by atoms with van der Waals surface area (Å²) in [5.74, 6) is 0. The van der Waals surface area contributed by atoms with Crippen LogP contribution < -0.4 is 0 Å². The Kier molecular flexibility index (Phi) is 4.02. The molecule has 0 radical (unpaired) electrons. The lowest BCUT2D eigenvalue weighted by atomic mass is 10.1. The predicted molar refractivity (Wildman–Crippen MR) is 60.2 cm³/mol. The fraction of sp³-hybridized carbons (Fsp3) is 0.182. The van der Waals surface area contributed by atoms with Gasteiger partial charge in [0, 0.05) is 0 Å². The van der Waals surface area contributed by atoms with Crippen molar-refractivity contribution < 1.29 is 0 Å². The minimum absolute atomic E-state index is 0.146. The number of halogens is 1. The van der Waals surface area contributed by atoms with E-state index in [1.807, 2.05) is 38.1 Å². The molecule has 76 valence electrons. The molecule has 0 N–H and O–H groups in total. The fourth-order valence-electron chi connectivity index (χ4n) is 1.15. The second-order valence-corrected chi connectivity index (χ2v) is 3.10. The molecule has 0 atom stereocenters. The van der Waals surface area contributed by atoms with Crippen molar-refractivity contribution in [2.75, 3.05) is 0 Å². The van der Waals surface area contributed by atoms with Crippen LogP contribution in [0.4, 0.5) is 0 Å². The first-order valence-corrected chi connectivity index (χ1v) is 4.82. The normalized spacial score (nSPS) is 11.7. The van der Waals surface area contributed by atoms with E-state index < -0.39 is 0 Å². The van der Waals surface area contributed by atoms with Crippen LogP contribution in [0.15, 0.2) is 24.4 Å². The number of aromatic nitrogens is 2. The quantitative estimate of drug-likeness (QED) is 0.568. The molecule has 3 nitrogen and oxygen atoms in total. The molecule has 0 aliphatic heterocycles. The van der Waals surface area contributed by atoms with E-state index in [0.717, 1.165) is 5.57 Å². The summed E-state index contributed by atoms with van der Waals surface area (Å²) in [6, 6.07) is 2.04. The molecule has 0 saturated carbocycles. The molecule has 0 unspecified atom stereocenters. The predicted octanol–water partition coefficient (Wildman–Crippen LogP) is 2.98. The topological polar surface area (TPSA) is 49.6 Å². The van der Waals surface area contributed by atoms with Crippen LogP contribution in [0.1, 0.15) is 25.1 Å². The standard InChI is InChI=1S/C11H10ClN3/c1-3-5-8(4-2)10-9(6-13)7-14-11(12)15-10/h3-5,7H,1-2H3. The zero-order valence-electron chi connectivity index (χ0n) is 8.53. The van der Waals surface area contributed by atoms with E-state index in [2.05, 4.69) is 9.97 Å². The van der Waals surface area contributed by atoms with Crippen molar-refractivity contribution >= 4 is 17.2 Å². The summed E-state index contributed by atoms with van der Waals surface area (Å²) >= 11 is 5.69. The van der Waals surface area contributed by atoms with Gasteiger partial charge in [0.2, 0.25) is 5.28 Å². The highest BCUT2D eigenvalue weighted by Crippen LogP contribution is 2.18. The van der Waals surface area contributed by atoms with E-state index >= 15 is 0 Å². The molecule has 0 aliphatic rings. The molecule has 1 heterocycles. The third-order valence-electron chi connectivity index (χ3n) is 1.81. The number of nitriles is 1. The van der Waals surface area contributed by atoms with Gasteiger partial charge in [0.15, 0.2) is 0 Å². The summed E-state index contributed by atoms with van der Waals surface area (Å²) < 4.78 is 0. The van der Waals surface area contributed by atoms with Crippen LogP contribution in [0.5, 0.6) is 0 Å². The van der Waals surface area contributed by atoms with Gasteiger partial charge >= 0.3 is 0 Å². The first-order valence-electron chi connectivity index (χ1n) is 4.45. The number of hydrogen-bond acceptors (Lipinski definition) is 3. The summed E-state index contributed by atoms with van der Waals surface area (Å²) in [5.41, 5.74) is 1.85. The highest BCUT2D eigenvalue weighted by molar-refractivity contribution is 6.28. The van der Waals surface area contributed by atoms with E-state index in [4.69, 9.17) is 16.9 Å². The van der Waals surface area contributed by atoms with E-state index in [9.17, 15) is 0 Å². The van der Waals surface area contributed by atoms with Crippen molar-refractivity contribution in [2.45, 2.75) is 13.8 Å². The van der Waals surface area contributed by atoms with Crippen LogP contribution >= 0.6 is 11.6 Å². The second-order valence-electron chi connectivity index (χ2n) is 2.76. The highest BCUT2D eigenvalue weighted by atomic mass is 35.5. The summed E-state index contributed by atoms with van der Waals surface area (Å²) in [6.07, 6.45) is 7.06. The second kappa shape index (κ2) is 5.28. The van der Waals surface area contributed by atoms with Gasteiger partial charge in [0.25, 0.3) is 0 Å². The van der Waals surface area contributed by atoms with Gasteiger partial charge in [0.1, 0.15) is 6.07 Å². The van der Waals surface area contributed by atoms with Crippen molar-refractivity contribution in [3.8, 4) is 6.07 Å². The molecule has 0 spiro atoms. The maximum Gasteiger partial charge on any atom is 0.222 e.